The Morgan fingerprint density at radius 1 is 0.326 bits per heavy atom. The fourth-order valence-electron chi connectivity index (χ4n) is 5.62. The summed E-state index contributed by atoms with van der Waals surface area (Å²) in [5.74, 6) is 0. The smallest absolute Gasteiger partial charge is 0.0468 e. The maximum atomic E-state index is 3.60. The Kier molecular flexibility index (Phi) is 7.67. The van der Waals surface area contributed by atoms with Crippen LogP contribution in [0.1, 0.15) is 0 Å². The van der Waals surface area contributed by atoms with Crippen molar-refractivity contribution in [2.45, 2.75) is 0 Å². The molecule has 0 radical (unpaired) electrons. The van der Waals surface area contributed by atoms with Crippen LogP contribution in [0.25, 0.3) is 44.2 Å². The number of nitrogens with zero attached hydrogens (tertiary/aromatic N) is 1. The Bertz CT molecular complexity index is 1970. The normalized spacial score (nSPS) is 11.0. The van der Waals surface area contributed by atoms with E-state index in [0.717, 1.165) is 26.0 Å². The molecule has 7 aromatic rings. The summed E-state index contributed by atoms with van der Waals surface area (Å²) in [6, 6.07) is 58.5. The Morgan fingerprint density at radius 2 is 0.837 bits per heavy atom. The van der Waals surface area contributed by atoms with Gasteiger partial charge in [-0.1, -0.05) is 129 Å². The maximum absolute atomic E-state index is 3.60. The van der Waals surface area contributed by atoms with Gasteiger partial charge in [0.25, 0.3) is 0 Å². The number of halogens is 2. The third kappa shape index (κ3) is 5.79. The van der Waals surface area contributed by atoms with Crippen LogP contribution in [0.4, 0.5) is 17.1 Å². The van der Waals surface area contributed by atoms with Gasteiger partial charge in [-0.25, -0.2) is 0 Å². The van der Waals surface area contributed by atoms with E-state index in [1.54, 1.807) is 0 Å². The fraction of sp³-hybridized carbons (Fsp3) is 0. The summed E-state index contributed by atoms with van der Waals surface area (Å²) < 4.78 is 2.11. The highest BCUT2D eigenvalue weighted by Crippen LogP contribution is 2.41. The largest absolute Gasteiger partial charge is 0.310 e. The minimum Gasteiger partial charge on any atom is -0.310 e. The summed E-state index contributed by atoms with van der Waals surface area (Å²) in [6.45, 7) is 0. The van der Waals surface area contributed by atoms with Gasteiger partial charge < -0.3 is 4.90 Å². The number of rotatable bonds is 6. The number of anilines is 3. The number of fused-ring (bicyclic) bond motifs is 1. The molecule has 0 saturated carbocycles. The Hall–Kier alpha value is -4.44. The molecule has 43 heavy (non-hydrogen) atoms. The van der Waals surface area contributed by atoms with E-state index in [1.165, 1.54) is 44.2 Å². The summed E-state index contributed by atoms with van der Waals surface area (Å²) in [4.78, 5) is 2.30. The third-order valence-corrected chi connectivity index (χ3v) is 8.85. The first-order chi connectivity index (χ1) is 21.1. The second-order valence-electron chi connectivity index (χ2n) is 10.5. The number of hydrogen-bond acceptors (Lipinski definition) is 1. The summed E-state index contributed by atoms with van der Waals surface area (Å²) >= 11 is 7.20. The van der Waals surface area contributed by atoms with Gasteiger partial charge >= 0.3 is 0 Å². The van der Waals surface area contributed by atoms with Crippen molar-refractivity contribution in [3.63, 3.8) is 0 Å². The molecule has 3 heteroatoms. The monoisotopic (exact) mass is 679 g/mol. The zero-order valence-electron chi connectivity index (χ0n) is 23.3. The molecule has 0 aliphatic heterocycles. The predicted octanol–water partition coefficient (Wildman–Crippen LogP) is 12.8. The van der Waals surface area contributed by atoms with E-state index < -0.39 is 0 Å². The van der Waals surface area contributed by atoms with Gasteiger partial charge in [0, 0.05) is 26.0 Å². The lowest BCUT2D eigenvalue weighted by Crippen LogP contribution is -2.10. The lowest BCUT2D eigenvalue weighted by atomic mass is 9.92. The molecule has 0 atom stereocenters. The maximum Gasteiger partial charge on any atom is 0.0468 e. The highest BCUT2D eigenvalue weighted by atomic mass is 79.9. The van der Waals surface area contributed by atoms with Crippen molar-refractivity contribution in [1.29, 1.82) is 0 Å². The zero-order chi connectivity index (χ0) is 29.2. The van der Waals surface area contributed by atoms with Crippen LogP contribution >= 0.6 is 31.9 Å². The molecule has 206 valence electrons. The van der Waals surface area contributed by atoms with Crippen LogP contribution in [0.5, 0.6) is 0 Å². The van der Waals surface area contributed by atoms with Crippen molar-refractivity contribution in [3.05, 3.63) is 173 Å². The lowest BCUT2D eigenvalue weighted by Gasteiger charge is -2.27. The first-order valence-corrected chi connectivity index (χ1v) is 15.8. The summed E-state index contributed by atoms with van der Waals surface area (Å²) in [7, 11) is 0. The first kappa shape index (κ1) is 27.4. The van der Waals surface area contributed by atoms with Gasteiger partial charge in [0.15, 0.2) is 0 Å². The standard InChI is InChI=1S/C40H27Br2N/c41-34-16-20-36(21-17-34)43(37-22-18-35(42)19-23-37)38-24-25-39(40(27-38)30-7-2-1-3-8-30)31-13-10-29(11-14-31)33-15-12-28-6-4-5-9-32(28)26-33/h1-27H. The van der Waals surface area contributed by atoms with Crippen molar-refractivity contribution in [2.75, 3.05) is 4.90 Å². The molecule has 0 unspecified atom stereocenters. The molecule has 7 aromatic carbocycles. The second kappa shape index (κ2) is 12.0. The Balaban J connectivity index is 1.33. The molecular formula is C40H27Br2N. The first-order valence-electron chi connectivity index (χ1n) is 14.2. The summed E-state index contributed by atoms with van der Waals surface area (Å²) in [5, 5.41) is 2.52. The molecule has 0 aromatic heterocycles. The van der Waals surface area contributed by atoms with Crippen LogP contribution in [0.15, 0.2) is 173 Å². The Morgan fingerprint density at radius 3 is 1.49 bits per heavy atom. The Labute approximate surface area is 269 Å². The van der Waals surface area contributed by atoms with Gasteiger partial charge in [-0.15, -0.1) is 0 Å². The van der Waals surface area contributed by atoms with E-state index in [-0.39, 0.29) is 0 Å². The van der Waals surface area contributed by atoms with E-state index in [9.17, 15) is 0 Å². The van der Waals surface area contributed by atoms with Crippen molar-refractivity contribution in [1.82, 2.24) is 0 Å². The minimum absolute atomic E-state index is 1.06. The molecule has 0 saturated heterocycles. The quantitative estimate of drug-likeness (QED) is 0.169. The van der Waals surface area contributed by atoms with Crippen molar-refractivity contribution in [2.24, 2.45) is 0 Å². The molecule has 0 fully saturated rings. The molecule has 0 aliphatic rings. The van der Waals surface area contributed by atoms with Crippen LogP contribution in [0.2, 0.25) is 0 Å². The van der Waals surface area contributed by atoms with Gasteiger partial charge in [0.2, 0.25) is 0 Å². The van der Waals surface area contributed by atoms with Crippen molar-refractivity contribution < 1.29 is 0 Å². The molecule has 0 bridgehead atoms. The van der Waals surface area contributed by atoms with Gasteiger partial charge in [-0.3, -0.25) is 0 Å². The highest BCUT2D eigenvalue weighted by molar-refractivity contribution is 9.10. The van der Waals surface area contributed by atoms with E-state index in [4.69, 9.17) is 0 Å². The van der Waals surface area contributed by atoms with Crippen molar-refractivity contribution >= 4 is 59.7 Å². The van der Waals surface area contributed by atoms with Gasteiger partial charge in [0.05, 0.1) is 0 Å². The molecular weight excluding hydrogens is 654 g/mol. The molecule has 0 N–H and O–H groups in total. The van der Waals surface area contributed by atoms with Crippen LogP contribution in [0.3, 0.4) is 0 Å². The third-order valence-electron chi connectivity index (χ3n) is 7.79. The minimum atomic E-state index is 1.06. The van der Waals surface area contributed by atoms with E-state index in [2.05, 4.69) is 201 Å². The average Bonchev–Trinajstić information content (AvgIpc) is 3.07. The predicted molar refractivity (Wildman–Crippen MR) is 190 cm³/mol. The van der Waals surface area contributed by atoms with Crippen molar-refractivity contribution in [3.8, 4) is 33.4 Å². The van der Waals surface area contributed by atoms with Crippen LogP contribution < -0.4 is 4.90 Å². The van der Waals surface area contributed by atoms with E-state index in [0.29, 0.717) is 0 Å². The summed E-state index contributed by atoms with van der Waals surface area (Å²) in [5.41, 5.74) is 10.5. The second-order valence-corrected chi connectivity index (χ2v) is 12.4. The number of hydrogen-bond donors (Lipinski definition) is 0. The molecule has 0 heterocycles. The molecule has 0 aliphatic carbocycles. The van der Waals surface area contributed by atoms with E-state index in [1.807, 2.05) is 0 Å². The molecule has 0 spiro atoms. The SMILES string of the molecule is Brc1ccc(N(c2ccc(Br)cc2)c2ccc(-c3ccc(-c4ccc5ccccc5c4)cc3)c(-c3ccccc3)c2)cc1. The molecule has 7 rings (SSSR count). The summed E-state index contributed by atoms with van der Waals surface area (Å²) in [6.07, 6.45) is 0. The average molecular weight is 681 g/mol. The van der Waals surface area contributed by atoms with Crippen LogP contribution in [-0.2, 0) is 0 Å². The van der Waals surface area contributed by atoms with Gasteiger partial charge in [-0.05, 0) is 111 Å². The topological polar surface area (TPSA) is 3.24 Å². The fourth-order valence-corrected chi connectivity index (χ4v) is 6.15. The lowest BCUT2D eigenvalue weighted by molar-refractivity contribution is 1.28. The van der Waals surface area contributed by atoms with E-state index >= 15 is 0 Å². The van der Waals surface area contributed by atoms with Gasteiger partial charge in [-0.2, -0.15) is 0 Å². The van der Waals surface area contributed by atoms with Crippen LogP contribution in [0, 0.1) is 0 Å². The molecule has 1 nitrogen and oxygen atoms in total. The van der Waals surface area contributed by atoms with Gasteiger partial charge in [0.1, 0.15) is 0 Å². The highest BCUT2D eigenvalue weighted by Gasteiger charge is 2.16. The van der Waals surface area contributed by atoms with Crippen LogP contribution in [-0.4, -0.2) is 0 Å². The molecule has 0 amide bonds. The zero-order valence-corrected chi connectivity index (χ0v) is 26.5. The number of benzene rings is 7.